The number of aryl methyl sites for hydroxylation is 1. The van der Waals surface area contributed by atoms with E-state index < -0.39 is 9.84 Å². The van der Waals surface area contributed by atoms with Gasteiger partial charge in [0.2, 0.25) is 11.1 Å². The fourth-order valence-corrected chi connectivity index (χ4v) is 6.39. The van der Waals surface area contributed by atoms with Gasteiger partial charge in [0.25, 0.3) is 0 Å². The standard InChI is InChI=1S/C18H24N6O3S2/c1-14-4-2-3-5-16(14)24-18(19-20-21-24)28-12-17(25)23-9-7-22(8-10-23)15-6-11-29(26,27)13-15/h2-5,15H,6-13H2,1H3/t15-/m1/s1. The van der Waals surface area contributed by atoms with Crippen LogP contribution in [0.15, 0.2) is 29.4 Å². The molecule has 9 nitrogen and oxygen atoms in total. The molecule has 156 valence electrons. The fraction of sp³-hybridized carbons (Fsp3) is 0.556. The first-order valence-electron chi connectivity index (χ1n) is 9.62. The molecule has 0 spiro atoms. The van der Waals surface area contributed by atoms with Gasteiger partial charge in [-0.1, -0.05) is 30.0 Å². The SMILES string of the molecule is Cc1ccccc1-n1nnnc1SCC(=O)N1CCN([C@@H]2CCS(=O)(=O)C2)CC1. The number of piperazine rings is 1. The molecule has 2 aliphatic heterocycles. The van der Waals surface area contributed by atoms with E-state index in [1.165, 1.54) is 11.8 Å². The van der Waals surface area contributed by atoms with Crippen LogP contribution in [-0.2, 0) is 14.6 Å². The Morgan fingerprint density at radius 2 is 1.97 bits per heavy atom. The summed E-state index contributed by atoms with van der Waals surface area (Å²) in [6.07, 6.45) is 0.702. The summed E-state index contributed by atoms with van der Waals surface area (Å²) in [5.41, 5.74) is 1.95. The number of hydrogen-bond acceptors (Lipinski definition) is 8. The molecule has 0 N–H and O–H groups in total. The average Bonchev–Trinajstić information content (AvgIpc) is 3.32. The van der Waals surface area contributed by atoms with E-state index in [4.69, 9.17) is 0 Å². The second-order valence-electron chi connectivity index (χ2n) is 7.42. The second-order valence-corrected chi connectivity index (χ2v) is 10.6. The number of hydrogen-bond donors (Lipinski definition) is 0. The van der Waals surface area contributed by atoms with Crippen molar-refractivity contribution in [1.82, 2.24) is 30.0 Å². The van der Waals surface area contributed by atoms with Crippen LogP contribution in [0, 0.1) is 6.92 Å². The maximum atomic E-state index is 12.7. The summed E-state index contributed by atoms with van der Waals surface area (Å²) in [7, 11) is -2.89. The van der Waals surface area contributed by atoms with E-state index in [2.05, 4.69) is 20.4 Å². The summed E-state index contributed by atoms with van der Waals surface area (Å²) in [6, 6.07) is 7.93. The van der Waals surface area contributed by atoms with E-state index >= 15 is 0 Å². The zero-order valence-corrected chi connectivity index (χ0v) is 17.9. The molecule has 2 aliphatic rings. The maximum absolute atomic E-state index is 12.7. The lowest BCUT2D eigenvalue weighted by molar-refractivity contribution is -0.130. The van der Waals surface area contributed by atoms with E-state index in [1.54, 1.807) is 4.68 Å². The van der Waals surface area contributed by atoms with E-state index in [-0.39, 0.29) is 29.2 Å². The van der Waals surface area contributed by atoms with Gasteiger partial charge < -0.3 is 4.90 Å². The average molecular weight is 437 g/mol. The lowest BCUT2D eigenvalue weighted by Gasteiger charge is -2.37. The third-order valence-corrected chi connectivity index (χ3v) is 8.16. The van der Waals surface area contributed by atoms with Crippen molar-refractivity contribution in [3.05, 3.63) is 29.8 Å². The Hall–Kier alpha value is -1.98. The first kappa shape index (κ1) is 20.3. The topological polar surface area (TPSA) is 101 Å². The van der Waals surface area contributed by atoms with Gasteiger partial charge in [-0.3, -0.25) is 9.69 Å². The molecule has 4 rings (SSSR count). The summed E-state index contributed by atoms with van der Waals surface area (Å²) in [6.45, 7) is 4.68. The summed E-state index contributed by atoms with van der Waals surface area (Å²) < 4.78 is 25.0. The van der Waals surface area contributed by atoms with Crippen molar-refractivity contribution in [2.75, 3.05) is 43.4 Å². The Morgan fingerprint density at radius 1 is 1.21 bits per heavy atom. The van der Waals surface area contributed by atoms with Crippen LogP contribution in [0.5, 0.6) is 0 Å². The Bertz CT molecular complexity index is 985. The molecule has 0 aliphatic carbocycles. The smallest absolute Gasteiger partial charge is 0.233 e. The van der Waals surface area contributed by atoms with Crippen LogP contribution in [0.2, 0.25) is 0 Å². The van der Waals surface area contributed by atoms with Crippen LogP contribution in [0.4, 0.5) is 0 Å². The molecule has 11 heteroatoms. The number of carbonyl (C=O) groups is 1. The predicted molar refractivity (Wildman–Crippen MR) is 110 cm³/mol. The highest BCUT2D eigenvalue weighted by atomic mass is 32.2. The summed E-state index contributed by atoms with van der Waals surface area (Å²) in [5, 5.41) is 12.5. The first-order valence-corrected chi connectivity index (χ1v) is 12.4. The number of para-hydroxylation sites is 1. The molecular formula is C18H24N6O3S2. The zero-order valence-electron chi connectivity index (χ0n) is 16.3. The fourth-order valence-electron chi connectivity index (χ4n) is 3.84. The molecule has 3 heterocycles. The zero-order chi connectivity index (χ0) is 20.4. The Balaban J connectivity index is 1.31. The molecule has 1 atom stereocenters. The molecule has 2 saturated heterocycles. The summed E-state index contributed by atoms with van der Waals surface area (Å²) in [5.74, 6) is 0.846. The van der Waals surface area contributed by atoms with Gasteiger partial charge in [0, 0.05) is 32.2 Å². The van der Waals surface area contributed by atoms with E-state index in [1.807, 2.05) is 36.1 Å². The quantitative estimate of drug-likeness (QED) is 0.621. The van der Waals surface area contributed by atoms with E-state index in [9.17, 15) is 13.2 Å². The third-order valence-electron chi connectivity index (χ3n) is 5.50. The number of carbonyl (C=O) groups excluding carboxylic acids is 1. The van der Waals surface area contributed by atoms with Gasteiger partial charge in [0.05, 0.1) is 22.9 Å². The van der Waals surface area contributed by atoms with Crippen molar-refractivity contribution in [2.24, 2.45) is 0 Å². The van der Waals surface area contributed by atoms with Gasteiger partial charge >= 0.3 is 0 Å². The van der Waals surface area contributed by atoms with Gasteiger partial charge in [-0.05, 0) is 35.4 Å². The van der Waals surface area contributed by atoms with Gasteiger partial charge in [-0.15, -0.1) is 5.10 Å². The normalized spacial score (nSPS) is 22.1. The number of thioether (sulfide) groups is 1. The van der Waals surface area contributed by atoms with Gasteiger partial charge in [0.1, 0.15) is 0 Å². The van der Waals surface area contributed by atoms with Crippen molar-refractivity contribution in [3.63, 3.8) is 0 Å². The molecule has 0 unspecified atom stereocenters. The Labute approximate surface area is 174 Å². The lowest BCUT2D eigenvalue weighted by Crippen LogP contribution is -2.52. The number of aromatic nitrogens is 4. The molecule has 0 saturated carbocycles. The van der Waals surface area contributed by atoms with Crippen molar-refractivity contribution in [3.8, 4) is 5.69 Å². The molecule has 2 fully saturated rings. The Kier molecular flexibility index (Phi) is 5.88. The molecule has 0 radical (unpaired) electrons. The van der Waals surface area contributed by atoms with Crippen molar-refractivity contribution >= 4 is 27.5 Å². The molecular weight excluding hydrogens is 412 g/mol. The number of benzene rings is 1. The highest BCUT2D eigenvalue weighted by molar-refractivity contribution is 7.99. The minimum atomic E-state index is -2.89. The minimum absolute atomic E-state index is 0.0491. The number of tetrazole rings is 1. The van der Waals surface area contributed by atoms with E-state index in [0.29, 0.717) is 24.7 Å². The predicted octanol–water partition coefficient (Wildman–Crippen LogP) is 0.394. The van der Waals surface area contributed by atoms with Gasteiger partial charge in [-0.2, -0.15) is 4.68 Å². The molecule has 29 heavy (non-hydrogen) atoms. The Morgan fingerprint density at radius 3 is 2.66 bits per heavy atom. The number of amides is 1. The molecule has 1 aromatic heterocycles. The van der Waals surface area contributed by atoms with Crippen LogP contribution >= 0.6 is 11.8 Å². The highest BCUT2D eigenvalue weighted by Gasteiger charge is 2.34. The third kappa shape index (κ3) is 4.62. The van der Waals surface area contributed by atoms with Gasteiger partial charge in [-0.25, -0.2) is 8.42 Å². The largest absolute Gasteiger partial charge is 0.339 e. The minimum Gasteiger partial charge on any atom is -0.339 e. The van der Waals surface area contributed by atoms with Crippen LogP contribution in [0.3, 0.4) is 0 Å². The van der Waals surface area contributed by atoms with Gasteiger partial charge in [0.15, 0.2) is 9.84 Å². The number of sulfone groups is 1. The van der Waals surface area contributed by atoms with Crippen LogP contribution < -0.4 is 0 Å². The summed E-state index contributed by atoms with van der Waals surface area (Å²) in [4.78, 5) is 16.7. The van der Waals surface area contributed by atoms with Crippen molar-refractivity contribution in [2.45, 2.75) is 24.5 Å². The molecule has 2 aromatic rings. The molecule has 0 bridgehead atoms. The monoisotopic (exact) mass is 436 g/mol. The van der Waals surface area contributed by atoms with Crippen LogP contribution in [0.25, 0.3) is 5.69 Å². The van der Waals surface area contributed by atoms with Crippen LogP contribution in [-0.4, -0.2) is 93.8 Å². The van der Waals surface area contributed by atoms with Crippen molar-refractivity contribution in [1.29, 1.82) is 0 Å². The summed E-state index contributed by atoms with van der Waals surface area (Å²) >= 11 is 1.33. The molecule has 1 amide bonds. The van der Waals surface area contributed by atoms with Crippen LogP contribution in [0.1, 0.15) is 12.0 Å². The highest BCUT2D eigenvalue weighted by Crippen LogP contribution is 2.22. The molecule has 1 aromatic carbocycles. The number of nitrogens with zero attached hydrogens (tertiary/aromatic N) is 6. The maximum Gasteiger partial charge on any atom is 0.233 e. The second kappa shape index (κ2) is 8.41. The first-order chi connectivity index (χ1) is 13.9. The lowest BCUT2D eigenvalue weighted by atomic mass is 10.2. The van der Waals surface area contributed by atoms with Crippen molar-refractivity contribution < 1.29 is 13.2 Å². The number of rotatable bonds is 5. The van der Waals surface area contributed by atoms with E-state index in [0.717, 1.165) is 24.3 Å².